The number of pyridine rings is 1. The molecule has 11 heteroatoms. The minimum atomic E-state index is -3.72. The van der Waals surface area contributed by atoms with Crippen LogP contribution in [0.3, 0.4) is 0 Å². The molecule has 7 rings (SSSR count). The number of sulfonamides is 1. The summed E-state index contributed by atoms with van der Waals surface area (Å²) in [5, 5.41) is 7.79. The molecule has 0 amide bonds. The summed E-state index contributed by atoms with van der Waals surface area (Å²) in [5.74, 6) is 0.866. The number of halogens is 1. The van der Waals surface area contributed by atoms with Crippen LogP contribution in [0.5, 0.6) is 11.6 Å². The maximum atomic E-state index is 15.1. The van der Waals surface area contributed by atoms with Gasteiger partial charge in [-0.05, 0) is 92.8 Å². The summed E-state index contributed by atoms with van der Waals surface area (Å²) in [6.45, 7) is 3.76. The number of aromatic nitrogens is 3. The van der Waals surface area contributed by atoms with Gasteiger partial charge in [0.15, 0.2) is 0 Å². The maximum Gasteiger partial charge on any atom is 0.233 e. The Balaban J connectivity index is 1.20. The van der Waals surface area contributed by atoms with Crippen LogP contribution < -0.4 is 20.1 Å². The van der Waals surface area contributed by atoms with E-state index >= 15 is 4.39 Å². The molecule has 3 aliphatic rings. The summed E-state index contributed by atoms with van der Waals surface area (Å²) in [5.41, 5.74) is 2.28. The second-order valence-corrected chi connectivity index (χ2v) is 13.6. The van der Waals surface area contributed by atoms with Crippen LogP contribution in [0.1, 0.15) is 37.7 Å². The van der Waals surface area contributed by atoms with E-state index in [1.165, 1.54) is 6.07 Å². The number of aryl methyl sites for hydroxylation is 1. The average molecular weight is 589 g/mol. The Morgan fingerprint density at radius 2 is 1.95 bits per heavy atom. The van der Waals surface area contributed by atoms with Gasteiger partial charge in [-0.3, -0.25) is 4.72 Å². The minimum Gasteiger partial charge on any atom is -0.437 e. The number of rotatable bonds is 9. The number of benzene rings is 2. The first-order valence-corrected chi connectivity index (χ1v) is 16.1. The summed E-state index contributed by atoms with van der Waals surface area (Å²) >= 11 is 0. The van der Waals surface area contributed by atoms with Gasteiger partial charge in [-0.25, -0.2) is 27.8 Å². The van der Waals surface area contributed by atoms with Gasteiger partial charge in [0.2, 0.25) is 21.9 Å². The molecule has 0 radical (unpaired) electrons. The molecule has 1 aliphatic heterocycles. The van der Waals surface area contributed by atoms with E-state index < -0.39 is 15.8 Å². The fourth-order valence-corrected chi connectivity index (χ4v) is 7.70. The lowest BCUT2D eigenvalue weighted by molar-refractivity contribution is 0.466. The van der Waals surface area contributed by atoms with Gasteiger partial charge < -0.3 is 15.4 Å². The molecule has 4 aromatic rings. The first-order chi connectivity index (χ1) is 20.3. The van der Waals surface area contributed by atoms with Crippen molar-refractivity contribution in [3.63, 3.8) is 0 Å². The quantitative estimate of drug-likeness (QED) is 0.230. The summed E-state index contributed by atoms with van der Waals surface area (Å²) in [6, 6.07) is 12.1. The van der Waals surface area contributed by atoms with Gasteiger partial charge in [0.25, 0.3) is 0 Å². The van der Waals surface area contributed by atoms with E-state index in [2.05, 4.69) is 25.3 Å². The van der Waals surface area contributed by atoms with E-state index in [0.29, 0.717) is 39.6 Å². The highest BCUT2D eigenvalue weighted by molar-refractivity contribution is 7.92. The van der Waals surface area contributed by atoms with Crippen molar-refractivity contribution in [2.75, 3.05) is 28.9 Å². The Morgan fingerprint density at radius 1 is 1.10 bits per heavy atom. The van der Waals surface area contributed by atoms with Crippen molar-refractivity contribution in [1.82, 2.24) is 20.3 Å². The zero-order valence-corrected chi connectivity index (χ0v) is 24.2. The molecule has 2 saturated carbocycles. The average Bonchev–Trinajstić information content (AvgIpc) is 3.90. The second-order valence-electron chi connectivity index (χ2n) is 11.8. The smallest absolute Gasteiger partial charge is 0.233 e. The van der Waals surface area contributed by atoms with Gasteiger partial charge in [0.1, 0.15) is 11.6 Å². The zero-order valence-electron chi connectivity index (χ0n) is 23.4. The number of fused-ring (bicyclic) bond motifs is 1. The monoisotopic (exact) mass is 588 g/mol. The van der Waals surface area contributed by atoms with E-state index in [0.717, 1.165) is 50.8 Å². The number of piperidine rings is 1. The molecule has 218 valence electrons. The van der Waals surface area contributed by atoms with Crippen LogP contribution in [0.15, 0.2) is 54.9 Å². The summed E-state index contributed by atoms with van der Waals surface area (Å²) in [7, 11) is -3.72. The lowest BCUT2D eigenvalue weighted by Gasteiger charge is -2.23. The Kier molecular flexibility index (Phi) is 6.73. The van der Waals surface area contributed by atoms with Crippen LogP contribution in [-0.2, 0) is 10.0 Å². The van der Waals surface area contributed by atoms with Crippen LogP contribution in [0.25, 0.3) is 22.0 Å². The van der Waals surface area contributed by atoms with Crippen molar-refractivity contribution in [3.8, 4) is 22.9 Å². The van der Waals surface area contributed by atoms with Gasteiger partial charge in [-0.2, -0.15) is 0 Å². The Bertz CT molecular complexity index is 1770. The Morgan fingerprint density at radius 3 is 2.74 bits per heavy atom. The van der Waals surface area contributed by atoms with E-state index in [1.54, 1.807) is 36.7 Å². The van der Waals surface area contributed by atoms with Crippen LogP contribution in [0.2, 0.25) is 0 Å². The molecular formula is C31H33FN6O3S. The van der Waals surface area contributed by atoms with E-state index in [1.807, 2.05) is 19.1 Å². The van der Waals surface area contributed by atoms with Gasteiger partial charge in [-0.1, -0.05) is 12.1 Å². The molecule has 42 heavy (non-hydrogen) atoms. The van der Waals surface area contributed by atoms with Crippen LogP contribution in [0.4, 0.5) is 16.0 Å². The molecule has 1 spiro atoms. The molecule has 3 heterocycles. The molecule has 3 fully saturated rings. The number of nitrogens with zero attached hydrogens (tertiary/aromatic N) is 3. The SMILES string of the molecule is Cc1ccc2c(NS(=O)(=O)C[C@@H]3CC34CC4)c(F)ccc2c1Oc1ncccc1-c1ccnc(N[C@H]2CCCNC2)n1. The molecule has 1 saturated heterocycles. The van der Waals surface area contributed by atoms with Gasteiger partial charge in [0.05, 0.1) is 22.7 Å². The fraction of sp³-hybridized carbons (Fsp3) is 0.387. The standard InChI is InChI=1S/C31H33FN6O3S/c1-19-6-7-22-23(8-9-25(32)27(22)38-42(39,40)18-20-16-31(20)11-12-31)28(19)41-29-24(5-3-14-34-29)26-10-15-35-30(37-26)36-21-4-2-13-33-17-21/h3,5-10,14-15,20-21,33,38H,2,4,11-13,16-18H2,1H3,(H,35,36,37)/t20-,21-/m0/s1. The Labute approximate surface area is 244 Å². The lowest BCUT2D eigenvalue weighted by atomic mass is 10.0. The summed E-state index contributed by atoms with van der Waals surface area (Å²) < 4.78 is 50.1. The highest BCUT2D eigenvalue weighted by Gasteiger charge is 2.63. The largest absolute Gasteiger partial charge is 0.437 e. The highest BCUT2D eigenvalue weighted by Crippen LogP contribution is 2.70. The van der Waals surface area contributed by atoms with Gasteiger partial charge >= 0.3 is 0 Å². The third kappa shape index (κ3) is 5.38. The second kappa shape index (κ2) is 10.5. The van der Waals surface area contributed by atoms with E-state index in [-0.39, 0.29) is 28.8 Å². The van der Waals surface area contributed by atoms with Crippen molar-refractivity contribution >= 4 is 32.4 Å². The van der Waals surface area contributed by atoms with Gasteiger partial charge in [-0.15, -0.1) is 0 Å². The fourth-order valence-electron chi connectivity index (χ4n) is 6.10. The molecule has 3 N–H and O–H groups in total. The molecule has 0 bridgehead atoms. The number of nitrogens with one attached hydrogen (secondary N) is 3. The summed E-state index contributed by atoms with van der Waals surface area (Å²) in [4.78, 5) is 13.6. The molecule has 0 unspecified atom stereocenters. The van der Waals surface area contributed by atoms with Crippen LogP contribution >= 0.6 is 0 Å². The summed E-state index contributed by atoms with van der Waals surface area (Å²) in [6.07, 6.45) is 8.61. The Hall–Kier alpha value is -3.83. The topological polar surface area (TPSA) is 118 Å². The molecule has 2 atom stereocenters. The van der Waals surface area contributed by atoms with E-state index in [9.17, 15) is 8.42 Å². The third-order valence-corrected chi connectivity index (χ3v) is 10.1. The predicted octanol–water partition coefficient (Wildman–Crippen LogP) is 5.64. The van der Waals surface area contributed by atoms with E-state index in [4.69, 9.17) is 9.72 Å². The number of hydrogen-bond acceptors (Lipinski definition) is 8. The first-order valence-electron chi connectivity index (χ1n) is 14.5. The minimum absolute atomic E-state index is 0.0162. The number of hydrogen-bond donors (Lipinski definition) is 3. The molecular weight excluding hydrogens is 555 g/mol. The van der Waals surface area contributed by atoms with Crippen molar-refractivity contribution in [2.45, 2.75) is 45.1 Å². The molecule has 2 aromatic carbocycles. The highest BCUT2D eigenvalue weighted by atomic mass is 32.2. The van der Waals surface area contributed by atoms with Crippen molar-refractivity contribution in [2.24, 2.45) is 11.3 Å². The molecule has 9 nitrogen and oxygen atoms in total. The predicted molar refractivity (Wildman–Crippen MR) is 161 cm³/mol. The van der Waals surface area contributed by atoms with Gasteiger partial charge in [0, 0.05) is 35.8 Å². The molecule has 2 aliphatic carbocycles. The maximum absolute atomic E-state index is 15.1. The van der Waals surface area contributed by atoms with Crippen LogP contribution in [-0.4, -0.2) is 48.3 Å². The zero-order chi connectivity index (χ0) is 28.9. The van der Waals surface area contributed by atoms with Crippen molar-refractivity contribution in [3.05, 3.63) is 66.2 Å². The van der Waals surface area contributed by atoms with Crippen molar-refractivity contribution < 1.29 is 17.5 Å². The molecule has 2 aromatic heterocycles. The normalized spacial score (nSPS) is 20.8. The van der Waals surface area contributed by atoms with Crippen LogP contribution in [0, 0.1) is 24.1 Å². The number of ether oxygens (including phenoxy) is 1. The van der Waals surface area contributed by atoms with Crippen molar-refractivity contribution in [1.29, 1.82) is 0 Å². The number of anilines is 2. The lowest BCUT2D eigenvalue weighted by Crippen LogP contribution is -2.38. The first kappa shape index (κ1) is 27.0. The third-order valence-electron chi connectivity index (χ3n) is 8.76.